The Bertz CT molecular complexity index is 334. The third-order valence-electron chi connectivity index (χ3n) is 2.76. The van der Waals surface area contributed by atoms with E-state index in [0.29, 0.717) is 6.54 Å². The molecule has 16 heavy (non-hydrogen) atoms. The first-order chi connectivity index (χ1) is 7.44. The van der Waals surface area contributed by atoms with Crippen LogP contribution in [-0.4, -0.2) is 56.9 Å². The highest BCUT2D eigenvalue weighted by Gasteiger charge is 2.25. The minimum atomic E-state index is -3.23. The highest BCUT2D eigenvalue weighted by atomic mass is 32.2. The molecule has 1 rings (SSSR count). The van der Waals surface area contributed by atoms with Crippen LogP contribution in [0.15, 0.2) is 0 Å². The van der Waals surface area contributed by atoms with Crippen LogP contribution in [0.5, 0.6) is 0 Å². The maximum Gasteiger partial charge on any atom is 0.238 e. The van der Waals surface area contributed by atoms with Crippen molar-refractivity contribution in [1.29, 1.82) is 0 Å². The molecule has 1 unspecified atom stereocenters. The third kappa shape index (κ3) is 4.09. The zero-order valence-electron chi connectivity index (χ0n) is 9.90. The fraction of sp³-hybridized carbons (Fsp3) is 0.900. The Balaban J connectivity index is 2.62. The minimum Gasteiger partial charge on any atom is -0.338 e. The molecule has 1 amide bonds. The van der Waals surface area contributed by atoms with E-state index in [0.717, 1.165) is 32.2 Å². The molecule has 1 aliphatic heterocycles. The Morgan fingerprint density at radius 1 is 1.50 bits per heavy atom. The average Bonchev–Trinajstić information content (AvgIpc) is 2.17. The number of rotatable bonds is 4. The molecule has 0 radical (unpaired) electrons. The van der Waals surface area contributed by atoms with Gasteiger partial charge in [0.05, 0.1) is 0 Å². The Morgan fingerprint density at radius 3 is 2.62 bits per heavy atom. The molecule has 1 saturated heterocycles. The van der Waals surface area contributed by atoms with Gasteiger partial charge in [0.1, 0.15) is 5.75 Å². The molecule has 1 heterocycles. The SMILES string of the molecule is CCN(C(=O)CS(C)(=O)=O)C1CCCNC1. The van der Waals surface area contributed by atoms with Crippen LogP contribution in [-0.2, 0) is 14.6 Å². The zero-order valence-corrected chi connectivity index (χ0v) is 10.7. The van der Waals surface area contributed by atoms with Gasteiger partial charge in [-0.3, -0.25) is 4.79 Å². The normalized spacial score (nSPS) is 21.8. The van der Waals surface area contributed by atoms with Gasteiger partial charge in [-0.1, -0.05) is 0 Å². The lowest BCUT2D eigenvalue weighted by Crippen LogP contribution is -2.50. The highest BCUT2D eigenvalue weighted by Crippen LogP contribution is 2.10. The largest absolute Gasteiger partial charge is 0.338 e. The van der Waals surface area contributed by atoms with Crippen molar-refractivity contribution in [2.45, 2.75) is 25.8 Å². The summed E-state index contributed by atoms with van der Waals surface area (Å²) in [5, 5.41) is 3.22. The molecule has 0 aromatic rings. The Hall–Kier alpha value is -0.620. The maximum atomic E-state index is 11.8. The van der Waals surface area contributed by atoms with E-state index >= 15 is 0 Å². The lowest BCUT2D eigenvalue weighted by Gasteiger charge is -2.33. The van der Waals surface area contributed by atoms with Gasteiger partial charge in [-0.15, -0.1) is 0 Å². The van der Waals surface area contributed by atoms with Gasteiger partial charge in [0.25, 0.3) is 0 Å². The molecular formula is C10H20N2O3S. The van der Waals surface area contributed by atoms with Crippen molar-refractivity contribution in [2.24, 2.45) is 0 Å². The molecule has 0 saturated carbocycles. The number of hydrogen-bond acceptors (Lipinski definition) is 4. The molecule has 1 N–H and O–H groups in total. The summed E-state index contributed by atoms with van der Waals surface area (Å²) in [6, 6.07) is 0.146. The molecule has 5 nitrogen and oxygen atoms in total. The Morgan fingerprint density at radius 2 is 2.19 bits per heavy atom. The maximum absolute atomic E-state index is 11.8. The van der Waals surface area contributed by atoms with Crippen LogP contribution < -0.4 is 5.32 Å². The molecule has 1 fully saturated rings. The van der Waals surface area contributed by atoms with Crippen molar-refractivity contribution in [1.82, 2.24) is 10.2 Å². The van der Waals surface area contributed by atoms with Crippen LogP contribution in [0.1, 0.15) is 19.8 Å². The van der Waals surface area contributed by atoms with E-state index in [1.807, 2.05) is 6.92 Å². The summed E-state index contributed by atoms with van der Waals surface area (Å²) in [6.07, 6.45) is 3.08. The van der Waals surface area contributed by atoms with E-state index in [2.05, 4.69) is 5.32 Å². The van der Waals surface area contributed by atoms with E-state index in [9.17, 15) is 13.2 Å². The molecule has 0 aliphatic carbocycles. The number of piperidine rings is 1. The number of amides is 1. The Kier molecular flexibility index (Phi) is 4.73. The lowest BCUT2D eigenvalue weighted by atomic mass is 10.1. The third-order valence-corrected chi connectivity index (χ3v) is 3.53. The minimum absolute atomic E-state index is 0.146. The summed E-state index contributed by atoms with van der Waals surface area (Å²) in [6.45, 7) is 4.20. The summed E-state index contributed by atoms with van der Waals surface area (Å²) < 4.78 is 22.2. The van der Waals surface area contributed by atoms with Crippen molar-refractivity contribution in [3.8, 4) is 0 Å². The Labute approximate surface area is 97.1 Å². The van der Waals surface area contributed by atoms with E-state index in [1.54, 1.807) is 4.90 Å². The van der Waals surface area contributed by atoms with E-state index in [-0.39, 0.29) is 17.7 Å². The van der Waals surface area contributed by atoms with Gasteiger partial charge < -0.3 is 10.2 Å². The molecule has 1 aliphatic rings. The first-order valence-corrected chi connectivity index (χ1v) is 7.68. The molecule has 0 aromatic heterocycles. The van der Waals surface area contributed by atoms with E-state index in [1.165, 1.54) is 0 Å². The van der Waals surface area contributed by atoms with Gasteiger partial charge in [-0.05, 0) is 26.3 Å². The zero-order chi connectivity index (χ0) is 12.2. The molecule has 0 bridgehead atoms. The number of likely N-dealkylation sites (N-methyl/N-ethyl adjacent to an activating group) is 1. The fourth-order valence-electron chi connectivity index (χ4n) is 2.04. The summed E-state index contributed by atoms with van der Waals surface area (Å²) in [4.78, 5) is 13.5. The van der Waals surface area contributed by atoms with Crippen LogP contribution >= 0.6 is 0 Å². The van der Waals surface area contributed by atoms with Crippen LogP contribution in [0.2, 0.25) is 0 Å². The van der Waals surface area contributed by atoms with Crippen molar-refractivity contribution >= 4 is 15.7 Å². The number of nitrogens with one attached hydrogen (secondary N) is 1. The standard InChI is InChI=1S/C10H20N2O3S/c1-3-12(9-5-4-6-11-7-9)10(13)8-16(2,14)15/h9,11H,3-8H2,1-2H3. The van der Waals surface area contributed by atoms with Crippen molar-refractivity contribution in [3.05, 3.63) is 0 Å². The smallest absolute Gasteiger partial charge is 0.238 e. The number of nitrogens with zero attached hydrogens (tertiary/aromatic N) is 1. The number of carbonyl (C=O) groups is 1. The molecule has 1 atom stereocenters. The van der Waals surface area contributed by atoms with Crippen LogP contribution in [0.3, 0.4) is 0 Å². The summed E-state index contributed by atoms with van der Waals surface area (Å²) in [7, 11) is -3.23. The van der Waals surface area contributed by atoms with Gasteiger partial charge in [-0.2, -0.15) is 0 Å². The molecule has 94 valence electrons. The van der Waals surface area contributed by atoms with Crippen molar-refractivity contribution < 1.29 is 13.2 Å². The van der Waals surface area contributed by atoms with Crippen LogP contribution in [0, 0.1) is 0 Å². The second-order valence-electron chi connectivity index (χ2n) is 4.25. The molecule has 6 heteroatoms. The second kappa shape index (κ2) is 5.63. The monoisotopic (exact) mass is 248 g/mol. The average molecular weight is 248 g/mol. The quantitative estimate of drug-likeness (QED) is 0.737. The predicted octanol–water partition coefficient (Wildman–Crippen LogP) is -0.368. The fourth-order valence-corrected chi connectivity index (χ4v) is 2.66. The topological polar surface area (TPSA) is 66.5 Å². The molecule has 0 spiro atoms. The molecule has 0 aromatic carbocycles. The van der Waals surface area contributed by atoms with Crippen molar-refractivity contribution in [2.75, 3.05) is 31.6 Å². The van der Waals surface area contributed by atoms with Crippen LogP contribution in [0.25, 0.3) is 0 Å². The number of carbonyl (C=O) groups excluding carboxylic acids is 1. The van der Waals surface area contributed by atoms with Gasteiger partial charge in [-0.25, -0.2) is 8.42 Å². The predicted molar refractivity (Wildman–Crippen MR) is 63.0 cm³/mol. The first kappa shape index (κ1) is 13.4. The number of sulfone groups is 1. The lowest BCUT2D eigenvalue weighted by molar-refractivity contribution is -0.130. The molecular weight excluding hydrogens is 228 g/mol. The van der Waals surface area contributed by atoms with Gasteiger partial charge in [0.15, 0.2) is 9.84 Å². The first-order valence-electron chi connectivity index (χ1n) is 5.62. The van der Waals surface area contributed by atoms with Gasteiger partial charge >= 0.3 is 0 Å². The van der Waals surface area contributed by atoms with Gasteiger partial charge in [0.2, 0.25) is 5.91 Å². The van der Waals surface area contributed by atoms with E-state index in [4.69, 9.17) is 0 Å². The highest BCUT2D eigenvalue weighted by molar-refractivity contribution is 7.91. The van der Waals surface area contributed by atoms with E-state index < -0.39 is 9.84 Å². The number of hydrogen-bond donors (Lipinski definition) is 1. The van der Waals surface area contributed by atoms with Crippen LogP contribution in [0.4, 0.5) is 0 Å². The summed E-state index contributed by atoms with van der Waals surface area (Å²) >= 11 is 0. The van der Waals surface area contributed by atoms with Crippen molar-refractivity contribution in [3.63, 3.8) is 0 Å². The second-order valence-corrected chi connectivity index (χ2v) is 6.39. The van der Waals surface area contributed by atoms with Gasteiger partial charge in [0, 0.05) is 25.4 Å². The summed E-state index contributed by atoms with van der Waals surface area (Å²) in [5.74, 6) is -0.657. The summed E-state index contributed by atoms with van der Waals surface area (Å²) in [5.41, 5.74) is 0.